The molecule has 2 amide bonds. The number of urea groups is 1. The molecule has 37 heavy (non-hydrogen) atoms. The van der Waals surface area contributed by atoms with Crippen molar-refractivity contribution >= 4 is 17.4 Å². The van der Waals surface area contributed by atoms with Gasteiger partial charge in [0.1, 0.15) is 11.9 Å². The molecule has 1 aromatic heterocycles. The molecule has 2 N–H and O–H groups in total. The molecular weight excluding hydrogens is 468 g/mol. The first kappa shape index (κ1) is 24.7. The Balaban J connectivity index is 1.25. The highest BCUT2D eigenvalue weighted by molar-refractivity contribution is 5.91. The number of benzene rings is 2. The molecule has 0 saturated carbocycles. The highest BCUT2D eigenvalue weighted by Crippen LogP contribution is 2.24. The third kappa shape index (κ3) is 6.42. The van der Waals surface area contributed by atoms with Crippen LogP contribution in [0.25, 0.3) is 11.3 Å². The van der Waals surface area contributed by atoms with Crippen LogP contribution in [-0.4, -0.2) is 61.6 Å². The van der Waals surface area contributed by atoms with Crippen LogP contribution in [0.2, 0.25) is 0 Å². The van der Waals surface area contributed by atoms with Gasteiger partial charge in [-0.3, -0.25) is 0 Å². The molecule has 0 bridgehead atoms. The Morgan fingerprint density at radius 3 is 2.54 bits per heavy atom. The number of morpholine rings is 1. The monoisotopic (exact) mass is 498 g/mol. The first-order valence-corrected chi connectivity index (χ1v) is 12.6. The molecule has 0 aliphatic carbocycles. The van der Waals surface area contributed by atoms with Crippen LogP contribution in [0.1, 0.15) is 29.8 Å². The number of hydrogen-bond acceptors (Lipinski definition) is 7. The number of hydrogen-bond donors (Lipinski definition) is 2. The summed E-state index contributed by atoms with van der Waals surface area (Å²) in [5.74, 6) is 0.702. The van der Waals surface area contributed by atoms with Gasteiger partial charge in [0.2, 0.25) is 0 Å². The van der Waals surface area contributed by atoms with Crippen molar-refractivity contribution in [3.63, 3.8) is 0 Å². The second kappa shape index (κ2) is 11.8. The number of nitrogens with zero attached hydrogens (tertiary/aromatic N) is 4. The zero-order valence-corrected chi connectivity index (χ0v) is 20.7. The quantitative estimate of drug-likeness (QED) is 0.532. The van der Waals surface area contributed by atoms with Crippen LogP contribution in [0.4, 0.5) is 16.2 Å². The average molecular weight is 499 g/mol. The third-order valence-electron chi connectivity index (χ3n) is 6.62. The van der Waals surface area contributed by atoms with E-state index in [0.717, 1.165) is 56.0 Å². The third-order valence-corrected chi connectivity index (χ3v) is 6.62. The second-order valence-corrected chi connectivity index (χ2v) is 9.16. The summed E-state index contributed by atoms with van der Waals surface area (Å²) < 4.78 is 10.8. The largest absolute Gasteiger partial charge is 0.381 e. The lowest BCUT2D eigenvalue weighted by atomic mass is 10.1. The molecule has 0 spiro atoms. The van der Waals surface area contributed by atoms with Crippen molar-refractivity contribution in [1.82, 2.24) is 15.3 Å². The number of nitriles is 1. The highest BCUT2D eigenvalue weighted by Gasteiger charge is 2.17. The lowest BCUT2D eigenvalue weighted by Crippen LogP contribution is -2.41. The Hall–Kier alpha value is -4.00. The van der Waals surface area contributed by atoms with Crippen molar-refractivity contribution in [2.24, 2.45) is 0 Å². The Kier molecular flexibility index (Phi) is 7.89. The zero-order chi connectivity index (χ0) is 25.5. The van der Waals surface area contributed by atoms with Gasteiger partial charge in [0, 0.05) is 56.2 Å². The van der Waals surface area contributed by atoms with Crippen LogP contribution in [0.15, 0.2) is 54.7 Å². The number of aromatic nitrogens is 2. The van der Waals surface area contributed by atoms with E-state index in [1.807, 2.05) is 12.1 Å². The topological polar surface area (TPSA) is 112 Å². The van der Waals surface area contributed by atoms with Crippen LogP contribution < -0.4 is 15.5 Å². The van der Waals surface area contributed by atoms with E-state index in [1.54, 1.807) is 18.3 Å². The summed E-state index contributed by atoms with van der Waals surface area (Å²) in [6.45, 7) is 4.62. The smallest absolute Gasteiger partial charge is 0.319 e. The maximum atomic E-state index is 12.4. The number of anilines is 2. The van der Waals surface area contributed by atoms with Gasteiger partial charge in [0.15, 0.2) is 0 Å². The number of carbonyl (C=O) groups is 1. The van der Waals surface area contributed by atoms with Crippen molar-refractivity contribution in [2.75, 3.05) is 49.7 Å². The molecule has 2 aliphatic rings. The Bertz CT molecular complexity index is 1260. The molecule has 3 aromatic rings. The molecular formula is C28H30N6O3. The summed E-state index contributed by atoms with van der Waals surface area (Å²) in [4.78, 5) is 23.9. The fraction of sp³-hybridized carbons (Fsp3) is 0.357. The van der Waals surface area contributed by atoms with Gasteiger partial charge in [-0.05, 0) is 48.7 Å². The van der Waals surface area contributed by atoms with Gasteiger partial charge >= 0.3 is 6.03 Å². The van der Waals surface area contributed by atoms with E-state index in [-0.39, 0.29) is 12.1 Å². The molecule has 2 aliphatic heterocycles. The van der Waals surface area contributed by atoms with Gasteiger partial charge in [-0.2, -0.15) is 5.26 Å². The average Bonchev–Trinajstić information content (AvgIpc) is 2.95. The molecule has 2 fully saturated rings. The van der Waals surface area contributed by atoms with Crippen LogP contribution in [0.3, 0.4) is 0 Å². The fourth-order valence-electron chi connectivity index (χ4n) is 4.56. The lowest BCUT2D eigenvalue weighted by molar-refractivity contribution is 0.0806. The zero-order valence-electron chi connectivity index (χ0n) is 20.7. The minimum atomic E-state index is -0.319. The maximum Gasteiger partial charge on any atom is 0.319 e. The number of nitrogens with one attached hydrogen (secondary N) is 2. The van der Waals surface area contributed by atoms with Crippen molar-refractivity contribution in [3.05, 3.63) is 71.7 Å². The van der Waals surface area contributed by atoms with Gasteiger partial charge in [0.05, 0.1) is 30.2 Å². The molecule has 0 unspecified atom stereocenters. The summed E-state index contributed by atoms with van der Waals surface area (Å²) in [5, 5.41) is 15.5. The predicted molar refractivity (Wildman–Crippen MR) is 140 cm³/mol. The molecule has 0 radical (unpaired) electrons. The van der Waals surface area contributed by atoms with Crippen LogP contribution in [0.5, 0.6) is 0 Å². The molecule has 9 heteroatoms. The molecule has 3 heterocycles. The number of amides is 2. The Morgan fingerprint density at radius 2 is 1.78 bits per heavy atom. The summed E-state index contributed by atoms with van der Waals surface area (Å²) in [7, 11) is 0. The number of rotatable bonds is 6. The Labute approximate surface area is 216 Å². The maximum absolute atomic E-state index is 12.4. The molecule has 0 atom stereocenters. The Morgan fingerprint density at radius 1 is 1.03 bits per heavy atom. The lowest BCUT2D eigenvalue weighted by Gasteiger charge is -2.28. The van der Waals surface area contributed by atoms with Gasteiger partial charge in [-0.15, -0.1) is 0 Å². The summed E-state index contributed by atoms with van der Waals surface area (Å²) >= 11 is 0. The normalized spacial score (nSPS) is 16.1. The van der Waals surface area contributed by atoms with E-state index in [1.165, 1.54) is 5.69 Å². The highest BCUT2D eigenvalue weighted by atomic mass is 16.5. The first-order valence-electron chi connectivity index (χ1n) is 12.6. The summed E-state index contributed by atoms with van der Waals surface area (Å²) in [6, 6.07) is 17.6. The van der Waals surface area contributed by atoms with Crippen LogP contribution in [0, 0.1) is 11.3 Å². The molecule has 2 saturated heterocycles. The minimum absolute atomic E-state index is 0.0774. The van der Waals surface area contributed by atoms with E-state index in [4.69, 9.17) is 14.5 Å². The van der Waals surface area contributed by atoms with E-state index in [2.05, 4.69) is 50.9 Å². The van der Waals surface area contributed by atoms with Crippen molar-refractivity contribution < 1.29 is 14.3 Å². The summed E-state index contributed by atoms with van der Waals surface area (Å²) in [6.07, 6.45) is 3.91. The fourth-order valence-corrected chi connectivity index (χ4v) is 4.56. The predicted octanol–water partition coefficient (Wildman–Crippen LogP) is 3.74. The van der Waals surface area contributed by atoms with Crippen molar-refractivity contribution in [2.45, 2.75) is 25.3 Å². The SMILES string of the molecule is N#Cc1cc(-c2ccnc(Cc3ccc(N4CCOCC4)cc3)n2)ccc1NC(=O)NC1CCOCC1. The molecule has 190 valence electrons. The van der Waals surface area contributed by atoms with E-state index in [0.29, 0.717) is 36.7 Å². The minimum Gasteiger partial charge on any atom is -0.381 e. The number of carbonyl (C=O) groups excluding carboxylic acids is 1. The molecule has 2 aromatic carbocycles. The van der Waals surface area contributed by atoms with Gasteiger partial charge in [0.25, 0.3) is 0 Å². The first-order chi connectivity index (χ1) is 18.2. The molecule has 5 rings (SSSR count). The molecule has 9 nitrogen and oxygen atoms in total. The number of ether oxygens (including phenoxy) is 2. The van der Waals surface area contributed by atoms with Gasteiger partial charge in [-0.1, -0.05) is 18.2 Å². The standard InChI is InChI=1S/C28H30N6O3/c29-19-22-18-21(3-6-25(22)33-28(35)31-23-8-13-36-14-9-23)26-7-10-30-27(32-26)17-20-1-4-24(5-2-20)34-11-15-37-16-12-34/h1-7,10,18,23H,8-9,11-17H2,(H2,31,33,35). The van der Waals surface area contributed by atoms with Gasteiger partial charge < -0.3 is 25.0 Å². The van der Waals surface area contributed by atoms with E-state index >= 15 is 0 Å². The van der Waals surface area contributed by atoms with Crippen molar-refractivity contribution in [1.29, 1.82) is 5.26 Å². The van der Waals surface area contributed by atoms with Crippen LogP contribution >= 0.6 is 0 Å². The summed E-state index contributed by atoms with van der Waals surface area (Å²) in [5.41, 5.74) is 4.68. The van der Waals surface area contributed by atoms with E-state index in [9.17, 15) is 10.1 Å². The van der Waals surface area contributed by atoms with Crippen molar-refractivity contribution in [3.8, 4) is 17.3 Å². The second-order valence-electron chi connectivity index (χ2n) is 9.16. The van der Waals surface area contributed by atoms with Gasteiger partial charge in [-0.25, -0.2) is 14.8 Å². The van der Waals surface area contributed by atoms with Crippen LogP contribution in [-0.2, 0) is 15.9 Å². The van der Waals surface area contributed by atoms with E-state index < -0.39 is 0 Å².